The summed E-state index contributed by atoms with van der Waals surface area (Å²) in [5.74, 6) is -0.777. The second-order valence-corrected chi connectivity index (χ2v) is 8.27. The van der Waals surface area contributed by atoms with Gasteiger partial charge in [0, 0.05) is 29.8 Å². The van der Waals surface area contributed by atoms with Gasteiger partial charge in [0.2, 0.25) is 5.91 Å². The number of aryl methyl sites for hydroxylation is 1. The largest absolute Gasteiger partial charge is 0.340 e. The Morgan fingerprint density at radius 2 is 1.63 bits per heavy atom. The zero-order valence-corrected chi connectivity index (χ0v) is 17.8. The molecule has 30 heavy (non-hydrogen) atoms. The molecule has 4 aromatic rings. The van der Waals surface area contributed by atoms with Crippen molar-refractivity contribution >= 4 is 38.6 Å². The van der Waals surface area contributed by atoms with Crippen molar-refractivity contribution in [2.45, 2.75) is 5.92 Å². The van der Waals surface area contributed by atoms with Crippen molar-refractivity contribution in [1.29, 1.82) is 0 Å². The topological polar surface area (TPSA) is 91.0 Å². The Morgan fingerprint density at radius 1 is 0.933 bits per heavy atom. The fourth-order valence-electron chi connectivity index (χ4n) is 4.22. The molecule has 150 valence electrons. The molecule has 1 aliphatic heterocycles. The average molecular weight is 465 g/mol. The lowest BCUT2D eigenvalue weighted by molar-refractivity contribution is -0.118. The Kier molecular flexibility index (Phi) is 4.08. The number of rotatable bonds is 2. The number of likely N-dealkylation sites (N-methyl/N-ethyl adjacent to an activating group) is 1. The van der Waals surface area contributed by atoms with Gasteiger partial charge in [0.25, 0.3) is 5.56 Å². The summed E-state index contributed by atoms with van der Waals surface area (Å²) < 4.78 is 2.27. The molecule has 2 aromatic carbocycles. The summed E-state index contributed by atoms with van der Waals surface area (Å²) in [6.45, 7) is 0. The van der Waals surface area contributed by atoms with Crippen molar-refractivity contribution in [3.05, 3.63) is 85.0 Å². The Hall–Kier alpha value is -3.39. The highest BCUT2D eigenvalue weighted by molar-refractivity contribution is 9.10. The van der Waals surface area contributed by atoms with Crippen molar-refractivity contribution in [3.63, 3.8) is 0 Å². The van der Waals surface area contributed by atoms with Crippen LogP contribution in [0.3, 0.4) is 0 Å². The summed E-state index contributed by atoms with van der Waals surface area (Å²) in [6, 6.07) is 15.1. The monoisotopic (exact) mass is 464 g/mol. The molecular weight excluding hydrogens is 448 g/mol. The number of benzene rings is 2. The zero-order chi connectivity index (χ0) is 21.2. The van der Waals surface area contributed by atoms with E-state index in [1.165, 1.54) is 4.57 Å². The quantitative estimate of drug-likeness (QED) is 0.477. The zero-order valence-electron chi connectivity index (χ0n) is 16.2. The second kappa shape index (κ2) is 6.56. The first-order chi connectivity index (χ1) is 14.4. The van der Waals surface area contributed by atoms with Gasteiger partial charge in [-0.15, -0.1) is 0 Å². The van der Waals surface area contributed by atoms with E-state index in [-0.39, 0.29) is 5.91 Å². The number of anilines is 1. The molecule has 0 aliphatic carbocycles. The minimum absolute atomic E-state index is 0.122. The van der Waals surface area contributed by atoms with Crippen molar-refractivity contribution < 1.29 is 4.79 Å². The van der Waals surface area contributed by atoms with Crippen molar-refractivity contribution in [1.82, 2.24) is 14.5 Å². The third-order valence-electron chi connectivity index (χ3n) is 5.71. The maximum Gasteiger partial charge on any atom is 0.329 e. The van der Waals surface area contributed by atoms with Gasteiger partial charge >= 0.3 is 5.69 Å². The molecule has 2 aromatic heterocycles. The number of aromatic amines is 2. The second-order valence-electron chi connectivity index (χ2n) is 7.35. The van der Waals surface area contributed by atoms with Gasteiger partial charge in [-0.1, -0.05) is 46.3 Å². The molecule has 1 amide bonds. The highest BCUT2D eigenvalue weighted by Crippen LogP contribution is 2.45. The molecule has 2 N–H and O–H groups in total. The number of nitrogens with one attached hydrogen (secondary N) is 2. The first-order valence-corrected chi connectivity index (χ1v) is 10.1. The van der Waals surface area contributed by atoms with Crippen LogP contribution >= 0.6 is 15.9 Å². The highest BCUT2D eigenvalue weighted by Gasteiger charge is 2.40. The van der Waals surface area contributed by atoms with Gasteiger partial charge in [-0.3, -0.25) is 19.1 Å². The molecule has 0 radical (unpaired) electrons. The van der Waals surface area contributed by atoms with Crippen molar-refractivity contribution in [2.24, 2.45) is 7.05 Å². The number of para-hydroxylation sites is 1. The van der Waals surface area contributed by atoms with Gasteiger partial charge in [0.1, 0.15) is 5.65 Å². The standard InChI is InChI=1S/C22H17BrN4O3/c1-26-14-6-4-3-5-13(14)15(21(26)29)16-17-19(27(2)22(30)25-20(17)28)24-18(16)11-7-9-12(23)10-8-11/h3-10,15,24H,1-2H3,(H,25,28,30)/t15-/m0/s1. The summed E-state index contributed by atoms with van der Waals surface area (Å²) in [6.07, 6.45) is 0. The smallest absolute Gasteiger partial charge is 0.329 e. The predicted octanol–water partition coefficient (Wildman–Crippen LogP) is 3.09. The number of hydrogen-bond donors (Lipinski definition) is 2. The molecule has 0 fully saturated rings. The normalized spacial score (nSPS) is 15.8. The number of amides is 1. The van der Waals surface area contributed by atoms with Crippen LogP contribution in [0.15, 0.2) is 62.6 Å². The Labute approximate surface area is 179 Å². The van der Waals surface area contributed by atoms with Crippen molar-refractivity contribution in [2.75, 3.05) is 11.9 Å². The fourth-order valence-corrected chi connectivity index (χ4v) is 4.49. The number of halogens is 1. The van der Waals surface area contributed by atoms with Crippen LogP contribution in [0.25, 0.3) is 22.3 Å². The molecule has 0 unspecified atom stereocenters. The Balaban J connectivity index is 1.92. The summed E-state index contributed by atoms with van der Waals surface area (Å²) in [5, 5.41) is 0.318. The lowest BCUT2D eigenvalue weighted by atomic mass is 9.89. The van der Waals surface area contributed by atoms with E-state index in [0.717, 1.165) is 21.3 Å². The fraction of sp³-hybridized carbons (Fsp3) is 0.136. The molecule has 0 bridgehead atoms. The maximum absolute atomic E-state index is 13.3. The average Bonchev–Trinajstić information content (AvgIpc) is 3.24. The van der Waals surface area contributed by atoms with E-state index in [0.29, 0.717) is 22.3 Å². The van der Waals surface area contributed by atoms with Gasteiger partial charge in [-0.25, -0.2) is 4.79 Å². The van der Waals surface area contributed by atoms with Crippen molar-refractivity contribution in [3.8, 4) is 11.3 Å². The number of fused-ring (bicyclic) bond motifs is 2. The van der Waals surface area contributed by atoms with Crippen LogP contribution in [-0.2, 0) is 11.8 Å². The lowest BCUT2D eigenvalue weighted by Crippen LogP contribution is -2.29. The van der Waals surface area contributed by atoms with Crippen LogP contribution in [0.4, 0.5) is 5.69 Å². The summed E-state index contributed by atoms with van der Waals surface area (Å²) in [5.41, 5.74) is 3.04. The van der Waals surface area contributed by atoms with Crippen LogP contribution in [0.5, 0.6) is 0 Å². The molecule has 0 spiro atoms. The summed E-state index contributed by atoms with van der Waals surface area (Å²) >= 11 is 3.44. The lowest BCUT2D eigenvalue weighted by Gasteiger charge is -2.13. The maximum atomic E-state index is 13.3. The van der Waals surface area contributed by atoms with E-state index >= 15 is 0 Å². The SMILES string of the molecule is CN1C(=O)[C@H](c2c(-c3ccc(Br)cc3)[nH]c3c2c(=O)[nH]c(=O)n3C)c2ccccc21. The minimum Gasteiger partial charge on any atom is -0.340 e. The number of nitrogens with zero attached hydrogens (tertiary/aromatic N) is 2. The first-order valence-electron chi connectivity index (χ1n) is 9.35. The summed E-state index contributed by atoms with van der Waals surface area (Å²) in [7, 11) is 3.32. The van der Waals surface area contributed by atoms with Gasteiger partial charge in [0.15, 0.2) is 0 Å². The van der Waals surface area contributed by atoms with Crippen LogP contribution < -0.4 is 16.1 Å². The predicted molar refractivity (Wildman–Crippen MR) is 119 cm³/mol. The molecule has 7 nitrogen and oxygen atoms in total. The third-order valence-corrected chi connectivity index (χ3v) is 6.24. The van der Waals surface area contributed by atoms with Crippen LogP contribution in [0.2, 0.25) is 0 Å². The molecule has 8 heteroatoms. The van der Waals surface area contributed by atoms with E-state index in [1.807, 2.05) is 48.5 Å². The number of H-pyrrole nitrogens is 2. The number of aromatic nitrogens is 3. The Bertz CT molecular complexity index is 1450. The number of carbonyl (C=O) groups excluding carboxylic acids is 1. The first kappa shape index (κ1) is 18.6. The van der Waals surface area contributed by atoms with E-state index in [1.54, 1.807) is 19.0 Å². The minimum atomic E-state index is -0.655. The summed E-state index contributed by atoms with van der Waals surface area (Å²) in [4.78, 5) is 45.7. The van der Waals surface area contributed by atoms with Crippen LogP contribution in [-0.4, -0.2) is 27.5 Å². The molecule has 1 aliphatic rings. The van der Waals surface area contributed by atoms with Gasteiger partial charge in [-0.2, -0.15) is 0 Å². The van der Waals surface area contributed by atoms with E-state index in [9.17, 15) is 14.4 Å². The van der Waals surface area contributed by atoms with E-state index in [2.05, 4.69) is 25.9 Å². The van der Waals surface area contributed by atoms with Crippen LogP contribution in [0, 0.1) is 0 Å². The van der Waals surface area contributed by atoms with Gasteiger partial charge < -0.3 is 9.88 Å². The third kappa shape index (κ3) is 2.53. The van der Waals surface area contributed by atoms with Crippen LogP contribution in [0.1, 0.15) is 17.0 Å². The van der Waals surface area contributed by atoms with Gasteiger partial charge in [-0.05, 0) is 29.3 Å². The molecule has 1 atom stereocenters. The molecule has 5 rings (SSSR count). The van der Waals surface area contributed by atoms with E-state index in [4.69, 9.17) is 0 Å². The highest BCUT2D eigenvalue weighted by atomic mass is 79.9. The van der Waals surface area contributed by atoms with E-state index < -0.39 is 17.2 Å². The molecule has 0 saturated heterocycles. The number of carbonyl (C=O) groups is 1. The van der Waals surface area contributed by atoms with Gasteiger partial charge in [0.05, 0.1) is 17.0 Å². The Morgan fingerprint density at radius 3 is 2.37 bits per heavy atom. The molecular formula is C22H17BrN4O3. The number of hydrogen-bond acceptors (Lipinski definition) is 3. The molecule has 0 saturated carbocycles. The molecule has 3 heterocycles.